The molecule has 0 aliphatic carbocycles. The number of halogens is 3. The van der Waals surface area contributed by atoms with E-state index in [0.29, 0.717) is 18.3 Å². The van der Waals surface area contributed by atoms with E-state index in [2.05, 4.69) is 20.7 Å². The fourth-order valence-electron chi connectivity index (χ4n) is 2.81. The summed E-state index contributed by atoms with van der Waals surface area (Å²) in [7, 11) is -4.17. The van der Waals surface area contributed by atoms with Gasteiger partial charge in [-0.2, -0.15) is 18.4 Å². The lowest BCUT2D eigenvalue weighted by atomic mass is 10.1. The van der Waals surface area contributed by atoms with Crippen LogP contribution in [0.4, 0.5) is 24.5 Å². The molecule has 0 aliphatic rings. The zero-order valence-corrected chi connectivity index (χ0v) is 18.5. The van der Waals surface area contributed by atoms with Crippen molar-refractivity contribution in [1.82, 2.24) is 0 Å². The van der Waals surface area contributed by atoms with E-state index < -0.39 is 44.4 Å². The molecule has 0 heterocycles. The summed E-state index contributed by atoms with van der Waals surface area (Å²) >= 11 is 0. The fourth-order valence-corrected chi connectivity index (χ4v) is 4.40. The summed E-state index contributed by atoms with van der Waals surface area (Å²) in [5.74, 6) is -2.29. The number of azide groups is 1. The number of alkyl halides is 3. The van der Waals surface area contributed by atoms with E-state index in [1.54, 1.807) is 0 Å². The fraction of sp³-hybridized carbons (Fsp3) is 0.300. The third kappa shape index (κ3) is 6.85. The monoisotopic (exact) mass is 496 g/mol. The first-order valence-electron chi connectivity index (χ1n) is 9.53. The molecule has 34 heavy (non-hydrogen) atoms. The Morgan fingerprint density at radius 3 is 2.38 bits per heavy atom. The number of sulfone groups is 1. The second-order valence-electron chi connectivity index (χ2n) is 7.26. The maximum absolute atomic E-state index is 13.1. The van der Waals surface area contributed by atoms with Gasteiger partial charge in [0, 0.05) is 29.4 Å². The lowest BCUT2D eigenvalue weighted by Gasteiger charge is -2.22. The second kappa shape index (κ2) is 10.4. The molecule has 0 fully saturated rings. The van der Waals surface area contributed by atoms with Crippen molar-refractivity contribution in [3.05, 3.63) is 64.0 Å². The average molecular weight is 496 g/mol. The van der Waals surface area contributed by atoms with E-state index in [0.717, 1.165) is 19.1 Å². The van der Waals surface area contributed by atoms with Crippen LogP contribution >= 0.6 is 0 Å². The smallest absolute Gasteiger partial charge is 0.385 e. The van der Waals surface area contributed by atoms with Crippen LogP contribution in [0.1, 0.15) is 18.1 Å². The first-order valence-corrected chi connectivity index (χ1v) is 11.2. The van der Waals surface area contributed by atoms with Crippen LogP contribution in [0, 0.1) is 11.3 Å². The van der Waals surface area contributed by atoms with Crippen LogP contribution in [-0.2, 0) is 20.8 Å². The molecule has 0 radical (unpaired) electrons. The van der Waals surface area contributed by atoms with Gasteiger partial charge in [-0.1, -0.05) is 5.11 Å². The molecule has 3 N–H and O–H groups in total. The summed E-state index contributed by atoms with van der Waals surface area (Å²) in [6, 6.07) is 9.17. The van der Waals surface area contributed by atoms with Crippen LogP contribution in [0.3, 0.4) is 0 Å². The number of aliphatic hydroxyl groups is 1. The molecule has 0 saturated carbocycles. The van der Waals surface area contributed by atoms with Gasteiger partial charge in [-0.3, -0.25) is 4.79 Å². The van der Waals surface area contributed by atoms with Crippen molar-refractivity contribution >= 4 is 27.1 Å². The number of rotatable bonds is 9. The minimum Gasteiger partial charge on any atom is -0.385 e. The SMILES string of the molecule is CC(O)(CS(=O)(=O)c1ccc(NCCN=[N+]=[N-])cc1)C(=O)Nc1ccc(C#N)c(C(F)(F)F)c1. The molecule has 0 aliphatic heterocycles. The summed E-state index contributed by atoms with van der Waals surface area (Å²) in [6.07, 6.45) is -4.86. The number of nitrogens with zero attached hydrogens (tertiary/aromatic N) is 4. The van der Waals surface area contributed by atoms with E-state index in [1.165, 1.54) is 30.3 Å². The summed E-state index contributed by atoms with van der Waals surface area (Å²) < 4.78 is 64.7. The maximum atomic E-state index is 13.1. The Hall–Kier alpha value is -3.79. The van der Waals surface area contributed by atoms with Crippen molar-refractivity contribution in [3.8, 4) is 6.07 Å². The number of hydrogen-bond acceptors (Lipinski definition) is 7. The highest BCUT2D eigenvalue weighted by Crippen LogP contribution is 2.33. The Kier molecular flexibility index (Phi) is 8.12. The first-order chi connectivity index (χ1) is 15.8. The standard InChI is InChI=1S/C20H19F3N6O4S/c1-19(31,18(30)28-15-3-2-13(11-24)17(10-15)20(21,22)23)12-34(32,33)16-6-4-14(5-7-16)26-8-9-27-29-25/h2-7,10,26,31H,8-9,12H2,1H3,(H,28,30). The van der Waals surface area contributed by atoms with Crippen molar-refractivity contribution in [2.45, 2.75) is 23.6 Å². The molecule has 0 aromatic heterocycles. The minimum atomic E-state index is -4.86. The zero-order valence-electron chi connectivity index (χ0n) is 17.7. The molecule has 180 valence electrons. The van der Waals surface area contributed by atoms with Crippen LogP contribution in [0.5, 0.6) is 0 Å². The van der Waals surface area contributed by atoms with E-state index in [1.807, 2.05) is 0 Å². The third-order valence-corrected chi connectivity index (χ3v) is 6.41. The molecule has 1 unspecified atom stereocenters. The molecular weight excluding hydrogens is 477 g/mol. The van der Waals surface area contributed by atoms with Gasteiger partial charge in [0.15, 0.2) is 15.4 Å². The Labute approximate surface area is 192 Å². The molecule has 0 saturated heterocycles. The Morgan fingerprint density at radius 1 is 1.21 bits per heavy atom. The molecule has 0 spiro atoms. The van der Waals surface area contributed by atoms with Crippen molar-refractivity contribution < 1.29 is 31.5 Å². The number of nitrogens with one attached hydrogen (secondary N) is 2. The first kappa shape index (κ1) is 26.5. The topological polar surface area (TPSA) is 168 Å². The molecule has 2 rings (SSSR count). The number of anilines is 2. The molecule has 2 aromatic carbocycles. The molecule has 2 aromatic rings. The van der Waals surface area contributed by atoms with Crippen molar-refractivity contribution in [2.75, 3.05) is 29.5 Å². The molecule has 1 atom stereocenters. The number of nitriles is 1. The highest BCUT2D eigenvalue weighted by molar-refractivity contribution is 7.91. The van der Waals surface area contributed by atoms with Crippen molar-refractivity contribution in [2.24, 2.45) is 5.11 Å². The van der Waals surface area contributed by atoms with E-state index >= 15 is 0 Å². The van der Waals surface area contributed by atoms with Crippen LogP contribution in [0.2, 0.25) is 0 Å². The quantitative estimate of drug-likeness (QED) is 0.208. The second-order valence-corrected chi connectivity index (χ2v) is 9.25. The predicted molar refractivity (Wildman–Crippen MR) is 116 cm³/mol. The maximum Gasteiger partial charge on any atom is 0.417 e. The number of amides is 1. The predicted octanol–water partition coefficient (Wildman–Crippen LogP) is 3.46. The van der Waals surface area contributed by atoms with Gasteiger partial charge in [0.2, 0.25) is 0 Å². The molecule has 14 heteroatoms. The highest BCUT2D eigenvalue weighted by Gasteiger charge is 2.38. The summed E-state index contributed by atoms with van der Waals surface area (Å²) in [5.41, 5.74) is 3.97. The average Bonchev–Trinajstić information content (AvgIpc) is 2.75. The number of carbonyl (C=O) groups is 1. The van der Waals surface area contributed by atoms with Crippen molar-refractivity contribution in [1.29, 1.82) is 5.26 Å². The highest BCUT2D eigenvalue weighted by atomic mass is 32.2. The van der Waals surface area contributed by atoms with Gasteiger partial charge in [0.25, 0.3) is 5.91 Å². The zero-order chi connectivity index (χ0) is 25.6. The van der Waals surface area contributed by atoms with Gasteiger partial charge in [-0.25, -0.2) is 8.42 Å². The van der Waals surface area contributed by atoms with Gasteiger partial charge in [-0.05, 0) is 54.9 Å². The summed E-state index contributed by atoms with van der Waals surface area (Å²) in [4.78, 5) is 14.9. The Morgan fingerprint density at radius 2 is 1.82 bits per heavy atom. The van der Waals surface area contributed by atoms with Gasteiger partial charge < -0.3 is 15.7 Å². The minimum absolute atomic E-state index is 0.179. The van der Waals surface area contributed by atoms with Gasteiger partial charge >= 0.3 is 6.18 Å². The number of benzene rings is 2. The normalized spacial score (nSPS) is 13.2. The van der Waals surface area contributed by atoms with Crippen LogP contribution in [0.15, 0.2) is 52.5 Å². The lowest BCUT2D eigenvalue weighted by molar-refractivity contribution is -0.137. The lowest BCUT2D eigenvalue weighted by Crippen LogP contribution is -2.45. The Balaban J connectivity index is 2.14. The molecule has 0 bridgehead atoms. The van der Waals surface area contributed by atoms with E-state index in [9.17, 15) is 31.5 Å². The van der Waals surface area contributed by atoms with Gasteiger partial charge in [0.05, 0.1) is 27.8 Å². The van der Waals surface area contributed by atoms with Crippen molar-refractivity contribution in [3.63, 3.8) is 0 Å². The molecular formula is C20H19F3N6O4S. The summed E-state index contributed by atoms with van der Waals surface area (Å²) in [6.45, 7) is 1.41. The Bertz CT molecular complexity index is 1250. The van der Waals surface area contributed by atoms with Gasteiger partial charge in [0.1, 0.15) is 0 Å². The van der Waals surface area contributed by atoms with Crippen LogP contribution in [-0.4, -0.2) is 43.9 Å². The van der Waals surface area contributed by atoms with Gasteiger partial charge in [-0.15, -0.1) is 0 Å². The molecule has 10 nitrogen and oxygen atoms in total. The van der Waals surface area contributed by atoms with Crippen LogP contribution < -0.4 is 10.6 Å². The largest absolute Gasteiger partial charge is 0.417 e. The molecule has 1 amide bonds. The van der Waals surface area contributed by atoms with Crippen LogP contribution in [0.25, 0.3) is 10.4 Å². The summed E-state index contributed by atoms with van der Waals surface area (Å²) in [5, 5.41) is 27.6. The van der Waals surface area contributed by atoms with E-state index in [-0.39, 0.29) is 17.1 Å². The number of carbonyl (C=O) groups excluding carboxylic acids is 1. The third-order valence-electron chi connectivity index (χ3n) is 4.48. The van der Waals surface area contributed by atoms with E-state index in [4.69, 9.17) is 10.8 Å². The number of hydrogen-bond donors (Lipinski definition) is 3.